The molecule has 2 rings (SSSR count). The molecule has 2 heteroatoms. The summed E-state index contributed by atoms with van der Waals surface area (Å²) in [5, 5.41) is 0. The van der Waals surface area contributed by atoms with Gasteiger partial charge in [-0.25, -0.2) is 0 Å². The van der Waals surface area contributed by atoms with E-state index < -0.39 is 0 Å². The van der Waals surface area contributed by atoms with Crippen LogP contribution in [0.5, 0.6) is 0 Å². The van der Waals surface area contributed by atoms with Crippen LogP contribution < -0.4 is 0 Å². The second-order valence-electron chi connectivity index (χ2n) is 4.49. The first kappa shape index (κ1) is 8.52. The fourth-order valence-corrected chi connectivity index (χ4v) is 2.14. The van der Waals surface area contributed by atoms with Crippen LogP contribution in [0.4, 0.5) is 0 Å². The second-order valence-corrected chi connectivity index (χ2v) is 4.49. The van der Waals surface area contributed by atoms with Crippen molar-refractivity contribution >= 4 is 0 Å². The van der Waals surface area contributed by atoms with Crippen LogP contribution in [0.2, 0.25) is 0 Å². The Balaban J connectivity index is 1.95. The van der Waals surface area contributed by atoms with Crippen LogP contribution in [0.25, 0.3) is 0 Å². The van der Waals surface area contributed by atoms with Gasteiger partial charge in [-0.05, 0) is 12.3 Å². The summed E-state index contributed by atoms with van der Waals surface area (Å²) in [6.45, 7) is 6.21. The molecule has 0 amide bonds. The molecule has 1 aliphatic heterocycles. The van der Waals surface area contributed by atoms with Gasteiger partial charge in [0.2, 0.25) is 0 Å². The highest BCUT2D eigenvalue weighted by Crippen LogP contribution is 2.40. The molecule has 1 aliphatic carbocycles. The number of ether oxygens (including phenoxy) is 2. The van der Waals surface area contributed by atoms with E-state index in [-0.39, 0.29) is 5.79 Å². The Morgan fingerprint density at radius 2 is 1.75 bits per heavy atom. The highest BCUT2D eigenvalue weighted by atomic mass is 16.7. The average Bonchev–Trinajstić information content (AvgIpc) is 2.40. The maximum Gasteiger partial charge on any atom is 0.168 e. The summed E-state index contributed by atoms with van der Waals surface area (Å²) in [6, 6.07) is 0. The minimum Gasteiger partial charge on any atom is -0.350 e. The van der Waals surface area contributed by atoms with E-state index in [1.165, 1.54) is 6.42 Å². The zero-order valence-electron chi connectivity index (χ0n) is 8.01. The van der Waals surface area contributed by atoms with E-state index in [0.717, 1.165) is 32.0 Å². The Kier molecular flexibility index (Phi) is 2.13. The summed E-state index contributed by atoms with van der Waals surface area (Å²) in [5.74, 6) is 1.18. The first-order chi connectivity index (χ1) is 5.70. The number of hydrogen-bond donors (Lipinski definition) is 0. The Morgan fingerprint density at radius 3 is 2.25 bits per heavy atom. The zero-order chi connectivity index (χ0) is 8.60. The summed E-state index contributed by atoms with van der Waals surface area (Å²) >= 11 is 0. The Hall–Kier alpha value is -0.0800. The van der Waals surface area contributed by atoms with Crippen molar-refractivity contribution in [1.82, 2.24) is 0 Å². The molecule has 0 bridgehead atoms. The molecule has 1 heterocycles. The third kappa shape index (κ3) is 1.50. The summed E-state index contributed by atoms with van der Waals surface area (Å²) in [5.41, 5.74) is 0. The van der Waals surface area contributed by atoms with Crippen LogP contribution >= 0.6 is 0 Å². The van der Waals surface area contributed by atoms with Gasteiger partial charge in [-0.2, -0.15) is 0 Å². The molecule has 1 spiro atoms. The van der Waals surface area contributed by atoms with Gasteiger partial charge in [0.25, 0.3) is 0 Å². The first-order valence-electron chi connectivity index (χ1n) is 4.98. The van der Waals surface area contributed by atoms with Gasteiger partial charge in [-0.3, -0.25) is 0 Å². The van der Waals surface area contributed by atoms with Crippen LogP contribution in [0.15, 0.2) is 0 Å². The normalized spacial score (nSPS) is 48.5. The predicted octanol–water partition coefficient (Wildman–Crippen LogP) is 2.19. The van der Waals surface area contributed by atoms with Crippen LogP contribution in [-0.4, -0.2) is 19.0 Å². The molecule has 0 radical (unpaired) electrons. The highest BCUT2D eigenvalue weighted by molar-refractivity contribution is 4.84. The van der Waals surface area contributed by atoms with Crippen molar-refractivity contribution in [3.05, 3.63) is 0 Å². The SMILES string of the molecule is CC1COC2(CCC(C)C2)OC1. The van der Waals surface area contributed by atoms with Crippen molar-refractivity contribution in [2.24, 2.45) is 11.8 Å². The third-order valence-electron chi connectivity index (χ3n) is 2.94. The van der Waals surface area contributed by atoms with Crippen molar-refractivity contribution < 1.29 is 9.47 Å². The van der Waals surface area contributed by atoms with Crippen molar-refractivity contribution in [3.8, 4) is 0 Å². The van der Waals surface area contributed by atoms with Crippen LogP contribution in [0.3, 0.4) is 0 Å². The maximum absolute atomic E-state index is 5.79. The molecular weight excluding hydrogens is 152 g/mol. The predicted molar refractivity (Wildman–Crippen MR) is 46.8 cm³/mol. The lowest BCUT2D eigenvalue weighted by Crippen LogP contribution is -2.41. The molecule has 0 aromatic rings. The molecule has 0 aromatic heterocycles. The second kappa shape index (κ2) is 3.00. The van der Waals surface area contributed by atoms with Gasteiger partial charge in [0.1, 0.15) is 0 Å². The standard InChI is InChI=1S/C10H18O2/c1-8-3-4-10(5-8)11-6-9(2)7-12-10/h8-9H,3-7H2,1-2H3. The van der Waals surface area contributed by atoms with E-state index in [4.69, 9.17) is 9.47 Å². The Bertz CT molecular complexity index is 159. The highest BCUT2D eigenvalue weighted by Gasteiger charge is 2.42. The van der Waals surface area contributed by atoms with E-state index in [2.05, 4.69) is 13.8 Å². The van der Waals surface area contributed by atoms with Gasteiger partial charge < -0.3 is 9.47 Å². The number of rotatable bonds is 0. The summed E-state index contributed by atoms with van der Waals surface area (Å²) in [7, 11) is 0. The molecule has 70 valence electrons. The number of hydrogen-bond acceptors (Lipinski definition) is 2. The van der Waals surface area contributed by atoms with Gasteiger partial charge in [-0.1, -0.05) is 13.8 Å². The fourth-order valence-electron chi connectivity index (χ4n) is 2.14. The average molecular weight is 170 g/mol. The van der Waals surface area contributed by atoms with Gasteiger partial charge >= 0.3 is 0 Å². The summed E-state index contributed by atoms with van der Waals surface area (Å²) in [4.78, 5) is 0. The van der Waals surface area contributed by atoms with Crippen LogP contribution in [-0.2, 0) is 9.47 Å². The van der Waals surface area contributed by atoms with E-state index in [0.29, 0.717) is 5.92 Å². The molecule has 0 aromatic carbocycles. The molecule has 12 heavy (non-hydrogen) atoms. The van der Waals surface area contributed by atoms with E-state index in [1.54, 1.807) is 0 Å². The van der Waals surface area contributed by atoms with Gasteiger partial charge in [-0.15, -0.1) is 0 Å². The molecule has 0 N–H and O–H groups in total. The molecular formula is C10H18O2. The smallest absolute Gasteiger partial charge is 0.168 e. The molecule has 1 atom stereocenters. The molecule has 2 aliphatic rings. The quantitative estimate of drug-likeness (QED) is 0.555. The summed E-state index contributed by atoms with van der Waals surface area (Å²) in [6.07, 6.45) is 3.45. The van der Waals surface area contributed by atoms with E-state index >= 15 is 0 Å². The fraction of sp³-hybridized carbons (Fsp3) is 1.00. The van der Waals surface area contributed by atoms with E-state index in [9.17, 15) is 0 Å². The van der Waals surface area contributed by atoms with Crippen LogP contribution in [0, 0.1) is 11.8 Å². The minimum atomic E-state index is -0.175. The lowest BCUT2D eigenvalue weighted by Gasteiger charge is -2.36. The molecule has 2 nitrogen and oxygen atoms in total. The molecule has 2 fully saturated rings. The topological polar surface area (TPSA) is 18.5 Å². The monoisotopic (exact) mass is 170 g/mol. The zero-order valence-corrected chi connectivity index (χ0v) is 8.01. The molecule has 1 saturated carbocycles. The Labute approximate surface area is 74.2 Å². The van der Waals surface area contributed by atoms with Crippen molar-refractivity contribution in [3.63, 3.8) is 0 Å². The molecule has 1 saturated heterocycles. The molecule has 1 unspecified atom stereocenters. The largest absolute Gasteiger partial charge is 0.350 e. The first-order valence-corrected chi connectivity index (χ1v) is 4.98. The van der Waals surface area contributed by atoms with E-state index in [1.807, 2.05) is 0 Å². The van der Waals surface area contributed by atoms with Gasteiger partial charge in [0.05, 0.1) is 13.2 Å². The maximum atomic E-state index is 5.79. The van der Waals surface area contributed by atoms with Gasteiger partial charge in [0, 0.05) is 18.8 Å². The Morgan fingerprint density at radius 1 is 1.08 bits per heavy atom. The lowest BCUT2D eigenvalue weighted by atomic mass is 10.1. The van der Waals surface area contributed by atoms with Gasteiger partial charge in [0.15, 0.2) is 5.79 Å². The lowest BCUT2D eigenvalue weighted by molar-refractivity contribution is -0.277. The van der Waals surface area contributed by atoms with Crippen molar-refractivity contribution in [2.45, 2.75) is 38.9 Å². The minimum absolute atomic E-state index is 0.175. The van der Waals surface area contributed by atoms with Crippen molar-refractivity contribution in [1.29, 1.82) is 0 Å². The summed E-state index contributed by atoms with van der Waals surface area (Å²) < 4.78 is 11.6. The third-order valence-corrected chi connectivity index (χ3v) is 2.94. The van der Waals surface area contributed by atoms with Crippen LogP contribution in [0.1, 0.15) is 33.1 Å². The van der Waals surface area contributed by atoms with Crippen molar-refractivity contribution in [2.75, 3.05) is 13.2 Å².